The van der Waals surface area contributed by atoms with Crippen LogP contribution in [-0.2, 0) is 20.9 Å². The van der Waals surface area contributed by atoms with Crippen LogP contribution in [0.3, 0.4) is 0 Å². The number of ether oxygens (including phenoxy) is 1. The first-order chi connectivity index (χ1) is 11.5. The van der Waals surface area contributed by atoms with E-state index in [1.807, 2.05) is 11.8 Å². The molecule has 8 heteroatoms. The fourth-order valence-electron chi connectivity index (χ4n) is 3.40. The quantitative estimate of drug-likeness (QED) is 0.876. The van der Waals surface area contributed by atoms with Gasteiger partial charge in [0.1, 0.15) is 12.6 Å². The first kappa shape index (κ1) is 17.2. The molecular weight excluding hydrogens is 332 g/mol. The highest BCUT2D eigenvalue weighted by Gasteiger charge is 2.37. The average Bonchev–Trinajstić information content (AvgIpc) is 3.04. The van der Waals surface area contributed by atoms with E-state index >= 15 is 0 Å². The van der Waals surface area contributed by atoms with E-state index in [1.165, 1.54) is 0 Å². The molecule has 2 aliphatic heterocycles. The monoisotopic (exact) mass is 354 g/mol. The molecule has 2 amide bonds. The summed E-state index contributed by atoms with van der Waals surface area (Å²) in [5.74, 6) is -0.203. The summed E-state index contributed by atoms with van der Waals surface area (Å²) >= 11 is 6.09. The number of aromatic nitrogens is 2. The van der Waals surface area contributed by atoms with Crippen molar-refractivity contribution < 1.29 is 14.3 Å². The molecule has 0 saturated carbocycles. The van der Waals surface area contributed by atoms with Gasteiger partial charge in [-0.2, -0.15) is 5.10 Å². The number of aryl methyl sites for hydroxylation is 1. The van der Waals surface area contributed by atoms with Gasteiger partial charge in [-0.25, -0.2) is 0 Å². The van der Waals surface area contributed by atoms with Crippen LogP contribution >= 0.6 is 11.6 Å². The van der Waals surface area contributed by atoms with E-state index in [4.69, 9.17) is 16.3 Å². The van der Waals surface area contributed by atoms with E-state index in [1.54, 1.807) is 11.6 Å². The molecule has 2 fully saturated rings. The molecular formula is C16H23ClN4O3. The summed E-state index contributed by atoms with van der Waals surface area (Å²) in [6, 6.07) is -0.198. The van der Waals surface area contributed by atoms with Crippen molar-refractivity contribution in [2.24, 2.45) is 0 Å². The number of amides is 2. The third kappa shape index (κ3) is 3.42. The van der Waals surface area contributed by atoms with Crippen LogP contribution in [0.5, 0.6) is 0 Å². The maximum atomic E-state index is 12.5. The molecule has 1 aromatic rings. The lowest BCUT2D eigenvalue weighted by molar-refractivity contribution is -0.135. The van der Waals surface area contributed by atoms with Gasteiger partial charge < -0.3 is 15.0 Å². The molecule has 0 spiro atoms. The molecule has 0 radical (unpaired) electrons. The Labute approximate surface area is 146 Å². The van der Waals surface area contributed by atoms with Gasteiger partial charge in [0.2, 0.25) is 11.8 Å². The van der Waals surface area contributed by atoms with Crippen molar-refractivity contribution in [3.05, 3.63) is 16.4 Å². The number of nitrogens with one attached hydrogen (secondary N) is 1. The van der Waals surface area contributed by atoms with Gasteiger partial charge in [-0.3, -0.25) is 14.3 Å². The van der Waals surface area contributed by atoms with Crippen LogP contribution in [-0.4, -0.2) is 58.3 Å². The first-order valence-corrected chi connectivity index (χ1v) is 8.72. The van der Waals surface area contributed by atoms with Crippen LogP contribution < -0.4 is 5.32 Å². The zero-order chi connectivity index (χ0) is 17.3. The highest BCUT2D eigenvalue weighted by Crippen LogP contribution is 2.22. The lowest BCUT2D eigenvalue weighted by Gasteiger charge is -2.31. The lowest BCUT2D eigenvalue weighted by Crippen LogP contribution is -2.46. The maximum absolute atomic E-state index is 12.5. The smallest absolute Gasteiger partial charge is 0.245 e. The van der Waals surface area contributed by atoms with Gasteiger partial charge >= 0.3 is 0 Å². The summed E-state index contributed by atoms with van der Waals surface area (Å²) in [6.07, 6.45) is 2.40. The zero-order valence-electron chi connectivity index (χ0n) is 14.0. The molecule has 0 aliphatic carbocycles. The second kappa shape index (κ2) is 7.11. The van der Waals surface area contributed by atoms with Gasteiger partial charge in [-0.15, -0.1) is 0 Å². The number of hydrogen-bond acceptors (Lipinski definition) is 4. The van der Waals surface area contributed by atoms with E-state index in [-0.39, 0.29) is 24.4 Å². The number of nitrogens with zero attached hydrogens (tertiary/aromatic N) is 3. The molecule has 132 valence electrons. The predicted molar refractivity (Wildman–Crippen MR) is 88.8 cm³/mol. The van der Waals surface area contributed by atoms with Crippen molar-refractivity contribution >= 4 is 23.4 Å². The highest BCUT2D eigenvalue weighted by molar-refractivity contribution is 6.31. The van der Waals surface area contributed by atoms with E-state index in [9.17, 15) is 9.59 Å². The van der Waals surface area contributed by atoms with Gasteiger partial charge in [-0.1, -0.05) is 11.6 Å². The van der Waals surface area contributed by atoms with Gasteiger partial charge in [0.25, 0.3) is 0 Å². The minimum atomic E-state index is -0.437. The second-order valence-electron chi connectivity index (χ2n) is 6.43. The molecule has 24 heavy (non-hydrogen) atoms. The number of halogens is 1. The summed E-state index contributed by atoms with van der Waals surface area (Å²) in [7, 11) is 0. The molecule has 3 rings (SSSR count). The molecule has 0 aromatic carbocycles. The number of carbonyl (C=O) groups excluding carboxylic acids is 2. The number of likely N-dealkylation sites (tertiary alicyclic amines) is 1. The van der Waals surface area contributed by atoms with Crippen LogP contribution in [0.4, 0.5) is 0 Å². The summed E-state index contributed by atoms with van der Waals surface area (Å²) < 4.78 is 6.92. The standard InChI is InChI=1S/C16H23ClN4O3/c1-10-15(17)11(2)21(19-10)9-14(22)18-13-3-6-20(16(13)23)12-4-7-24-8-5-12/h12-13H,3-9H2,1-2H3,(H,18,22). The predicted octanol–water partition coefficient (Wildman–Crippen LogP) is 1.05. The lowest BCUT2D eigenvalue weighted by atomic mass is 10.1. The fraction of sp³-hybridized carbons (Fsp3) is 0.688. The van der Waals surface area contributed by atoms with Gasteiger partial charge in [0.05, 0.1) is 16.4 Å². The Morgan fingerprint density at radius 2 is 2.04 bits per heavy atom. The minimum Gasteiger partial charge on any atom is -0.381 e. The molecule has 2 aliphatic rings. The summed E-state index contributed by atoms with van der Waals surface area (Å²) in [4.78, 5) is 26.7. The normalized spacial score (nSPS) is 22.2. The largest absolute Gasteiger partial charge is 0.381 e. The van der Waals surface area contributed by atoms with Gasteiger partial charge in [-0.05, 0) is 33.1 Å². The van der Waals surface area contributed by atoms with Crippen LogP contribution in [0.15, 0.2) is 0 Å². The Morgan fingerprint density at radius 3 is 2.67 bits per heavy atom. The molecule has 0 bridgehead atoms. The minimum absolute atomic E-state index is 0.0154. The van der Waals surface area contributed by atoms with Crippen LogP contribution in [0.1, 0.15) is 30.7 Å². The Balaban J connectivity index is 1.57. The summed E-state index contributed by atoms with van der Waals surface area (Å²) in [5, 5.41) is 7.66. The Hall–Kier alpha value is -1.60. The van der Waals surface area contributed by atoms with E-state index in [0.717, 1.165) is 18.5 Å². The van der Waals surface area contributed by atoms with Crippen molar-refractivity contribution in [3.63, 3.8) is 0 Å². The van der Waals surface area contributed by atoms with E-state index in [0.29, 0.717) is 36.9 Å². The van der Waals surface area contributed by atoms with Crippen LogP contribution in [0.2, 0.25) is 5.02 Å². The molecule has 1 unspecified atom stereocenters. The maximum Gasteiger partial charge on any atom is 0.245 e. The van der Waals surface area contributed by atoms with E-state index < -0.39 is 6.04 Å². The topological polar surface area (TPSA) is 76.5 Å². The van der Waals surface area contributed by atoms with Crippen molar-refractivity contribution in [2.45, 2.75) is 51.7 Å². The highest BCUT2D eigenvalue weighted by atomic mass is 35.5. The molecule has 3 heterocycles. The van der Waals surface area contributed by atoms with Crippen LogP contribution in [0, 0.1) is 13.8 Å². The molecule has 1 aromatic heterocycles. The number of hydrogen-bond donors (Lipinski definition) is 1. The number of carbonyl (C=O) groups is 2. The first-order valence-electron chi connectivity index (χ1n) is 8.34. The third-order valence-electron chi connectivity index (χ3n) is 4.79. The number of rotatable bonds is 4. The summed E-state index contributed by atoms with van der Waals surface area (Å²) in [5.41, 5.74) is 1.45. The average molecular weight is 355 g/mol. The second-order valence-corrected chi connectivity index (χ2v) is 6.80. The van der Waals surface area contributed by atoms with Crippen molar-refractivity contribution in [1.82, 2.24) is 20.0 Å². The molecule has 7 nitrogen and oxygen atoms in total. The zero-order valence-corrected chi connectivity index (χ0v) is 14.8. The summed E-state index contributed by atoms with van der Waals surface area (Å²) in [6.45, 7) is 5.79. The Morgan fingerprint density at radius 1 is 1.33 bits per heavy atom. The molecule has 1 atom stereocenters. The van der Waals surface area contributed by atoms with Gasteiger partial charge in [0.15, 0.2) is 0 Å². The Bertz CT molecular complexity index is 640. The van der Waals surface area contributed by atoms with Crippen LogP contribution in [0.25, 0.3) is 0 Å². The van der Waals surface area contributed by atoms with Gasteiger partial charge in [0, 0.05) is 25.8 Å². The SMILES string of the molecule is Cc1nn(CC(=O)NC2CCN(C3CCOCC3)C2=O)c(C)c1Cl. The van der Waals surface area contributed by atoms with Crippen molar-refractivity contribution in [3.8, 4) is 0 Å². The third-order valence-corrected chi connectivity index (χ3v) is 5.34. The molecule has 1 N–H and O–H groups in total. The Kier molecular flexibility index (Phi) is 5.10. The van der Waals surface area contributed by atoms with Crippen molar-refractivity contribution in [1.29, 1.82) is 0 Å². The van der Waals surface area contributed by atoms with E-state index in [2.05, 4.69) is 10.4 Å². The van der Waals surface area contributed by atoms with Crippen molar-refractivity contribution in [2.75, 3.05) is 19.8 Å². The molecule has 2 saturated heterocycles. The fourth-order valence-corrected chi connectivity index (χ4v) is 3.54.